The van der Waals surface area contributed by atoms with Gasteiger partial charge in [-0.3, -0.25) is 0 Å². The minimum absolute atomic E-state index is 0.277. The summed E-state index contributed by atoms with van der Waals surface area (Å²) in [5.74, 6) is -0.277. The van der Waals surface area contributed by atoms with E-state index in [1.54, 1.807) is 31.3 Å². The van der Waals surface area contributed by atoms with Crippen LogP contribution in [0.4, 0.5) is 4.39 Å². The fraction of sp³-hybridized carbons (Fsp3) is 0.143. The van der Waals surface area contributed by atoms with E-state index in [9.17, 15) is 4.39 Å². The summed E-state index contributed by atoms with van der Waals surface area (Å²) in [5.41, 5.74) is 1.39. The van der Waals surface area contributed by atoms with Gasteiger partial charge in [0.1, 0.15) is 5.82 Å². The third-order valence-electron chi connectivity index (χ3n) is 2.85. The van der Waals surface area contributed by atoms with Crippen LogP contribution in [0.15, 0.2) is 45.3 Å². The van der Waals surface area contributed by atoms with Crippen LogP contribution in [0.25, 0.3) is 0 Å². The molecule has 0 heterocycles. The third kappa shape index (κ3) is 3.19. The number of nitrogens with one attached hydrogen (secondary N) is 1. The van der Waals surface area contributed by atoms with E-state index >= 15 is 0 Å². The Bertz CT molecular complexity index is 604. The van der Waals surface area contributed by atoms with E-state index in [4.69, 9.17) is 11.6 Å². The molecule has 1 unspecified atom stereocenters. The lowest BCUT2D eigenvalue weighted by molar-refractivity contribution is 0.571. The molecule has 0 aliphatic heterocycles. The van der Waals surface area contributed by atoms with E-state index in [1.807, 2.05) is 12.1 Å². The van der Waals surface area contributed by atoms with E-state index in [2.05, 4.69) is 37.2 Å². The number of hydrogen-bond donors (Lipinski definition) is 1. The average Bonchev–Trinajstić information content (AvgIpc) is 2.37. The molecule has 100 valence electrons. The average molecular weight is 408 g/mol. The summed E-state index contributed by atoms with van der Waals surface area (Å²) < 4.78 is 15.5. The molecule has 19 heavy (non-hydrogen) atoms. The molecule has 1 N–H and O–H groups in total. The van der Waals surface area contributed by atoms with Gasteiger partial charge in [0, 0.05) is 15.1 Å². The van der Waals surface area contributed by atoms with Crippen molar-refractivity contribution >= 4 is 43.5 Å². The van der Waals surface area contributed by atoms with E-state index < -0.39 is 0 Å². The smallest absolute Gasteiger partial charge is 0.142 e. The highest BCUT2D eigenvalue weighted by molar-refractivity contribution is 9.10. The maximum Gasteiger partial charge on any atom is 0.142 e. The highest BCUT2D eigenvalue weighted by atomic mass is 79.9. The van der Waals surface area contributed by atoms with Crippen LogP contribution in [0.2, 0.25) is 5.02 Å². The predicted molar refractivity (Wildman–Crippen MR) is 84.2 cm³/mol. The van der Waals surface area contributed by atoms with Gasteiger partial charge in [-0.2, -0.15) is 0 Å². The number of benzene rings is 2. The molecule has 2 aromatic rings. The molecule has 2 rings (SSSR count). The molecule has 0 aromatic heterocycles. The molecule has 0 fully saturated rings. The standard InChI is InChI=1S/C14H11Br2ClFN/c1-19-14(9-6-5-8(15)7-12(9)17)10-3-2-4-11(16)13(10)18/h2-7,14,19H,1H3. The fourth-order valence-electron chi connectivity index (χ4n) is 1.96. The minimum atomic E-state index is -0.293. The van der Waals surface area contributed by atoms with Gasteiger partial charge in [0.25, 0.3) is 0 Å². The molecular weight excluding hydrogens is 396 g/mol. The first kappa shape index (κ1) is 15.0. The summed E-state index contributed by atoms with van der Waals surface area (Å²) in [4.78, 5) is 0. The van der Waals surface area contributed by atoms with E-state index in [1.165, 1.54) is 0 Å². The summed E-state index contributed by atoms with van der Waals surface area (Å²) in [6.45, 7) is 0. The molecule has 0 spiro atoms. The third-order valence-corrected chi connectivity index (χ3v) is 4.29. The Kier molecular flexibility index (Phi) is 5.01. The quantitative estimate of drug-likeness (QED) is 0.727. The van der Waals surface area contributed by atoms with Crippen molar-refractivity contribution in [1.29, 1.82) is 0 Å². The molecule has 0 saturated carbocycles. The molecule has 0 saturated heterocycles. The molecule has 0 radical (unpaired) electrons. The van der Waals surface area contributed by atoms with Crippen molar-refractivity contribution in [2.24, 2.45) is 0 Å². The van der Waals surface area contributed by atoms with Crippen molar-refractivity contribution in [2.75, 3.05) is 7.05 Å². The molecule has 1 atom stereocenters. The molecule has 0 bridgehead atoms. The summed E-state index contributed by atoms with van der Waals surface area (Å²) in [6, 6.07) is 10.5. The first-order valence-corrected chi connectivity index (χ1v) is 7.57. The van der Waals surface area contributed by atoms with Gasteiger partial charge in [-0.15, -0.1) is 0 Å². The zero-order valence-electron chi connectivity index (χ0n) is 10.1. The van der Waals surface area contributed by atoms with Gasteiger partial charge in [-0.05, 0) is 46.7 Å². The second-order valence-corrected chi connectivity index (χ2v) is 6.21. The van der Waals surface area contributed by atoms with E-state index in [-0.39, 0.29) is 11.9 Å². The van der Waals surface area contributed by atoms with Crippen LogP contribution < -0.4 is 5.32 Å². The summed E-state index contributed by atoms with van der Waals surface area (Å²) in [6.07, 6.45) is 0. The van der Waals surface area contributed by atoms with E-state index in [0.717, 1.165) is 10.0 Å². The lowest BCUT2D eigenvalue weighted by atomic mass is 9.98. The van der Waals surface area contributed by atoms with Crippen molar-refractivity contribution in [3.8, 4) is 0 Å². The minimum Gasteiger partial charge on any atom is -0.309 e. The highest BCUT2D eigenvalue weighted by Crippen LogP contribution is 2.33. The topological polar surface area (TPSA) is 12.0 Å². The maximum absolute atomic E-state index is 14.2. The predicted octanol–water partition coefficient (Wildman–Crippen LogP) is 5.31. The lowest BCUT2D eigenvalue weighted by Crippen LogP contribution is -2.19. The zero-order chi connectivity index (χ0) is 14.0. The van der Waals surface area contributed by atoms with Gasteiger partial charge in [0.15, 0.2) is 0 Å². The summed E-state index contributed by atoms with van der Waals surface area (Å²) in [7, 11) is 1.78. The van der Waals surface area contributed by atoms with Crippen molar-refractivity contribution in [3.05, 3.63) is 67.3 Å². The van der Waals surface area contributed by atoms with Gasteiger partial charge < -0.3 is 5.32 Å². The normalized spacial score (nSPS) is 12.5. The Morgan fingerprint density at radius 1 is 1.16 bits per heavy atom. The van der Waals surface area contributed by atoms with Crippen molar-refractivity contribution in [2.45, 2.75) is 6.04 Å². The molecule has 0 aliphatic carbocycles. The Hall–Kier alpha value is -0.420. The fourth-order valence-corrected chi connectivity index (χ4v) is 3.12. The first-order chi connectivity index (χ1) is 9.04. The largest absolute Gasteiger partial charge is 0.309 e. The van der Waals surface area contributed by atoms with Gasteiger partial charge in [0.05, 0.1) is 10.5 Å². The lowest BCUT2D eigenvalue weighted by Gasteiger charge is -2.19. The van der Waals surface area contributed by atoms with Crippen LogP contribution in [0, 0.1) is 5.82 Å². The second kappa shape index (κ2) is 6.35. The van der Waals surface area contributed by atoms with Crippen LogP contribution >= 0.6 is 43.5 Å². The van der Waals surface area contributed by atoms with Crippen LogP contribution in [0.3, 0.4) is 0 Å². The van der Waals surface area contributed by atoms with Crippen LogP contribution in [-0.2, 0) is 0 Å². The van der Waals surface area contributed by atoms with Gasteiger partial charge in [-0.1, -0.05) is 45.7 Å². The number of halogens is 4. The van der Waals surface area contributed by atoms with Crippen LogP contribution in [-0.4, -0.2) is 7.05 Å². The monoisotopic (exact) mass is 405 g/mol. The number of rotatable bonds is 3. The Morgan fingerprint density at radius 2 is 1.89 bits per heavy atom. The highest BCUT2D eigenvalue weighted by Gasteiger charge is 2.19. The SMILES string of the molecule is CNC(c1ccc(Br)cc1Cl)c1cccc(Br)c1F. The van der Waals surface area contributed by atoms with Crippen molar-refractivity contribution < 1.29 is 4.39 Å². The van der Waals surface area contributed by atoms with Crippen molar-refractivity contribution in [1.82, 2.24) is 5.32 Å². The van der Waals surface area contributed by atoms with Crippen LogP contribution in [0.5, 0.6) is 0 Å². The van der Waals surface area contributed by atoms with Crippen molar-refractivity contribution in [3.63, 3.8) is 0 Å². The Labute approximate surface area is 133 Å². The molecular formula is C14H11Br2ClFN. The second-order valence-electron chi connectivity index (χ2n) is 4.03. The summed E-state index contributed by atoms with van der Waals surface area (Å²) >= 11 is 12.8. The molecule has 0 aliphatic rings. The zero-order valence-corrected chi connectivity index (χ0v) is 14.0. The molecule has 5 heteroatoms. The van der Waals surface area contributed by atoms with Gasteiger partial charge >= 0.3 is 0 Å². The molecule has 0 amide bonds. The van der Waals surface area contributed by atoms with Crippen LogP contribution in [0.1, 0.15) is 17.2 Å². The van der Waals surface area contributed by atoms with Gasteiger partial charge in [-0.25, -0.2) is 4.39 Å². The Balaban J connectivity index is 2.53. The van der Waals surface area contributed by atoms with Gasteiger partial charge in [0.2, 0.25) is 0 Å². The van der Waals surface area contributed by atoms with E-state index in [0.29, 0.717) is 15.1 Å². The molecule has 1 nitrogen and oxygen atoms in total. The molecule has 2 aromatic carbocycles. The summed E-state index contributed by atoms with van der Waals surface area (Å²) in [5, 5.41) is 3.69. The Morgan fingerprint density at radius 3 is 2.53 bits per heavy atom. The maximum atomic E-state index is 14.2. The number of hydrogen-bond acceptors (Lipinski definition) is 1. The first-order valence-electron chi connectivity index (χ1n) is 5.60.